The zero-order valence-electron chi connectivity index (χ0n) is 15.7. The monoisotopic (exact) mass is 413 g/mol. The number of carbonyl (C=O) groups excluding carboxylic acids is 1. The van der Waals surface area contributed by atoms with E-state index < -0.39 is 28.1 Å². The third-order valence-electron chi connectivity index (χ3n) is 4.61. The molecular formula is C17H21F2N5O3S. The van der Waals surface area contributed by atoms with Gasteiger partial charge in [0.25, 0.3) is 5.91 Å². The van der Waals surface area contributed by atoms with Crippen LogP contribution in [-0.2, 0) is 16.6 Å². The van der Waals surface area contributed by atoms with E-state index in [0.29, 0.717) is 5.56 Å². The van der Waals surface area contributed by atoms with Gasteiger partial charge in [-0.15, -0.1) is 5.10 Å². The highest BCUT2D eigenvalue weighted by Gasteiger charge is 2.41. The van der Waals surface area contributed by atoms with Crippen LogP contribution in [0.25, 0.3) is 0 Å². The van der Waals surface area contributed by atoms with Crippen LogP contribution in [0.5, 0.6) is 0 Å². The lowest BCUT2D eigenvalue weighted by molar-refractivity contribution is 0.0822. The van der Waals surface area contributed by atoms with Crippen LogP contribution >= 0.6 is 0 Å². The van der Waals surface area contributed by atoms with Crippen LogP contribution in [0.15, 0.2) is 29.3 Å². The van der Waals surface area contributed by atoms with Crippen molar-refractivity contribution in [3.8, 4) is 0 Å². The van der Waals surface area contributed by atoms with E-state index in [1.165, 1.54) is 27.9 Å². The van der Waals surface area contributed by atoms with Crippen LogP contribution in [0.1, 0.15) is 22.5 Å². The number of carbonyl (C=O) groups is 1. The van der Waals surface area contributed by atoms with Crippen LogP contribution in [0, 0.1) is 12.7 Å². The van der Waals surface area contributed by atoms with Gasteiger partial charge in [0.05, 0.1) is 17.6 Å². The van der Waals surface area contributed by atoms with Crippen molar-refractivity contribution in [1.29, 1.82) is 0 Å². The van der Waals surface area contributed by atoms with Gasteiger partial charge in [-0.25, -0.2) is 17.2 Å². The molecular weight excluding hydrogens is 392 g/mol. The maximum atomic E-state index is 14.1. The molecule has 152 valence electrons. The summed E-state index contributed by atoms with van der Waals surface area (Å²) in [6.07, 6.45) is 0.0244. The summed E-state index contributed by atoms with van der Waals surface area (Å²) in [6.45, 7) is 1.27. The Balaban J connectivity index is 1.87. The fourth-order valence-corrected chi connectivity index (χ4v) is 5.09. The highest BCUT2D eigenvalue weighted by molar-refractivity contribution is 7.89. The van der Waals surface area contributed by atoms with Crippen LogP contribution < -0.4 is 0 Å². The number of nitrogens with zero attached hydrogens (tertiary/aromatic N) is 5. The second-order valence-corrected chi connectivity index (χ2v) is 8.86. The molecule has 1 aromatic carbocycles. The van der Waals surface area contributed by atoms with Crippen LogP contribution in [0.3, 0.4) is 0 Å². The molecule has 0 aliphatic carbocycles. The smallest absolute Gasteiger partial charge is 0.275 e. The summed E-state index contributed by atoms with van der Waals surface area (Å²) in [7, 11) is -0.958. The third-order valence-corrected chi connectivity index (χ3v) is 6.67. The summed E-state index contributed by atoms with van der Waals surface area (Å²) in [5, 5.41) is 7.62. The normalized spacial score (nSPS) is 20.5. The van der Waals surface area contributed by atoms with Crippen LogP contribution in [0.2, 0.25) is 0 Å². The maximum absolute atomic E-state index is 14.1. The Hall–Kier alpha value is -2.40. The molecule has 0 saturated carbocycles. The number of sulfonamides is 1. The molecule has 2 heterocycles. The molecule has 0 spiro atoms. The van der Waals surface area contributed by atoms with E-state index in [9.17, 15) is 22.0 Å². The van der Waals surface area contributed by atoms with Crippen molar-refractivity contribution in [3.63, 3.8) is 0 Å². The Kier molecular flexibility index (Phi) is 5.48. The quantitative estimate of drug-likeness (QED) is 0.736. The van der Waals surface area contributed by atoms with Crippen molar-refractivity contribution in [3.05, 3.63) is 41.5 Å². The van der Waals surface area contributed by atoms with E-state index >= 15 is 0 Å². The average Bonchev–Trinajstić information content (AvgIpc) is 3.23. The number of rotatable bonds is 5. The van der Waals surface area contributed by atoms with Gasteiger partial charge in [-0.2, -0.15) is 4.31 Å². The molecule has 1 aliphatic heterocycles. The molecule has 2 aromatic rings. The summed E-state index contributed by atoms with van der Waals surface area (Å²) in [5.74, 6) is -1.03. The lowest BCUT2D eigenvalue weighted by Gasteiger charge is -2.24. The van der Waals surface area contributed by atoms with E-state index in [0.717, 1.165) is 10.4 Å². The number of aromatic nitrogens is 3. The number of halogens is 2. The van der Waals surface area contributed by atoms with E-state index in [-0.39, 0.29) is 36.0 Å². The van der Waals surface area contributed by atoms with Gasteiger partial charge in [-0.3, -0.25) is 9.48 Å². The van der Waals surface area contributed by atoms with Crippen molar-refractivity contribution < 1.29 is 22.0 Å². The van der Waals surface area contributed by atoms with Crippen LogP contribution in [-0.4, -0.2) is 71.4 Å². The molecule has 1 aliphatic rings. The largest absolute Gasteiger partial charge is 0.343 e. The number of aryl methyl sites for hydroxylation is 1. The van der Waals surface area contributed by atoms with Crippen molar-refractivity contribution in [2.24, 2.45) is 0 Å². The molecule has 28 heavy (non-hydrogen) atoms. The van der Waals surface area contributed by atoms with Crippen LogP contribution in [0.4, 0.5) is 8.78 Å². The Morgan fingerprint density at radius 2 is 2.07 bits per heavy atom. The second-order valence-electron chi connectivity index (χ2n) is 7.00. The number of hydrogen-bond donors (Lipinski definition) is 0. The van der Waals surface area contributed by atoms with Gasteiger partial charge in [-0.1, -0.05) is 11.3 Å². The summed E-state index contributed by atoms with van der Waals surface area (Å²) >= 11 is 0. The van der Waals surface area contributed by atoms with Crippen molar-refractivity contribution in [2.45, 2.75) is 37.0 Å². The van der Waals surface area contributed by atoms with Gasteiger partial charge < -0.3 is 4.90 Å². The molecule has 1 aromatic heterocycles. The predicted octanol–water partition coefficient (Wildman–Crippen LogP) is 1.23. The topological polar surface area (TPSA) is 88.4 Å². The fourth-order valence-electron chi connectivity index (χ4n) is 3.20. The summed E-state index contributed by atoms with van der Waals surface area (Å²) in [6, 6.07) is 2.76. The molecule has 1 amide bonds. The first-order chi connectivity index (χ1) is 13.1. The SMILES string of the molecule is Cc1ccc(F)cc1S(=O)(=O)N1CC(F)CC1Cn1cc(C(=O)N(C)C)nn1. The number of hydrogen-bond acceptors (Lipinski definition) is 5. The Morgan fingerprint density at radius 1 is 1.36 bits per heavy atom. The molecule has 8 nitrogen and oxygen atoms in total. The Bertz CT molecular complexity index is 992. The first kappa shape index (κ1) is 20.3. The summed E-state index contributed by atoms with van der Waals surface area (Å²) in [5.41, 5.74) is 0.484. The first-order valence-corrected chi connectivity index (χ1v) is 10.1. The molecule has 0 N–H and O–H groups in total. The number of alkyl halides is 1. The Morgan fingerprint density at radius 3 is 2.75 bits per heavy atom. The van der Waals surface area contributed by atoms with Gasteiger partial charge in [0.15, 0.2) is 5.69 Å². The summed E-state index contributed by atoms with van der Waals surface area (Å²) < 4.78 is 56.2. The average molecular weight is 413 g/mol. The maximum Gasteiger partial charge on any atom is 0.275 e. The molecule has 2 atom stereocenters. The molecule has 0 bridgehead atoms. The first-order valence-electron chi connectivity index (χ1n) is 8.63. The van der Waals surface area contributed by atoms with Crippen molar-refractivity contribution in [2.75, 3.05) is 20.6 Å². The minimum Gasteiger partial charge on any atom is -0.343 e. The second kappa shape index (κ2) is 7.55. The number of amides is 1. The lowest BCUT2D eigenvalue weighted by atomic mass is 10.2. The molecule has 1 saturated heterocycles. The zero-order valence-corrected chi connectivity index (χ0v) is 16.5. The van der Waals surface area contributed by atoms with Crippen molar-refractivity contribution >= 4 is 15.9 Å². The minimum atomic E-state index is -4.10. The third kappa shape index (κ3) is 3.90. The van der Waals surface area contributed by atoms with Gasteiger partial charge in [0, 0.05) is 26.7 Å². The van der Waals surface area contributed by atoms with E-state index in [1.54, 1.807) is 21.0 Å². The zero-order chi connectivity index (χ0) is 20.6. The molecule has 0 radical (unpaired) electrons. The van der Waals surface area contributed by atoms with E-state index in [4.69, 9.17) is 0 Å². The van der Waals surface area contributed by atoms with Gasteiger partial charge in [0.2, 0.25) is 10.0 Å². The van der Waals surface area contributed by atoms with E-state index in [2.05, 4.69) is 10.3 Å². The molecule has 3 rings (SSSR count). The summed E-state index contributed by atoms with van der Waals surface area (Å²) in [4.78, 5) is 13.1. The molecule has 1 fully saturated rings. The number of benzene rings is 1. The lowest BCUT2D eigenvalue weighted by Crippen LogP contribution is -2.38. The van der Waals surface area contributed by atoms with Gasteiger partial charge in [-0.05, 0) is 31.0 Å². The van der Waals surface area contributed by atoms with Gasteiger partial charge >= 0.3 is 0 Å². The molecule has 2 unspecified atom stereocenters. The fraction of sp³-hybridized carbons (Fsp3) is 0.471. The molecule has 11 heteroatoms. The van der Waals surface area contributed by atoms with Gasteiger partial charge in [0.1, 0.15) is 12.0 Å². The highest BCUT2D eigenvalue weighted by atomic mass is 32.2. The highest BCUT2D eigenvalue weighted by Crippen LogP contribution is 2.30. The Labute approximate surface area is 161 Å². The predicted molar refractivity (Wildman–Crippen MR) is 96.4 cm³/mol. The standard InChI is InChI=1S/C17H21F2N5O3S/c1-11-4-5-12(18)7-16(11)28(26,27)24-8-13(19)6-14(24)9-23-10-15(20-21-23)17(25)22(2)3/h4-5,7,10,13-14H,6,8-9H2,1-3H3. The minimum absolute atomic E-state index is 0.0234. The van der Waals surface area contributed by atoms with Crippen molar-refractivity contribution in [1.82, 2.24) is 24.2 Å². The van der Waals surface area contributed by atoms with E-state index in [1.807, 2.05) is 0 Å².